The molecule has 4 atom stereocenters. The van der Waals surface area contributed by atoms with Gasteiger partial charge in [-0.3, -0.25) is 15.0 Å². The minimum absolute atomic E-state index is 0.00994. The van der Waals surface area contributed by atoms with Crippen LogP contribution >= 0.6 is 0 Å². The highest BCUT2D eigenvalue weighted by Gasteiger charge is 2.44. The zero-order valence-corrected chi connectivity index (χ0v) is 31.7. The van der Waals surface area contributed by atoms with Crippen LogP contribution in [0.2, 0.25) is 0 Å². The van der Waals surface area contributed by atoms with Crippen LogP contribution < -0.4 is 21.7 Å². The monoisotopic (exact) mass is 692 g/mol. The minimum Gasteiger partial charge on any atom is -0.382 e. The number of halogens is 1. The summed E-state index contributed by atoms with van der Waals surface area (Å²) in [6.07, 6.45) is 12.3. The van der Waals surface area contributed by atoms with Crippen LogP contribution in [0, 0.1) is 11.3 Å². The molecule has 3 heterocycles. The van der Waals surface area contributed by atoms with E-state index in [4.69, 9.17) is 5.73 Å². The lowest BCUT2D eigenvalue weighted by molar-refractivity contribution is -0.117. The average molecular weight is 693 g/mol. The molecule has 5 N–H and O–H groups in total. The van der Waals surface area contributed by atoms with Crippen molar-refractivity contribution in [3.63, 3.8) is 0 Å². The van der Waals surface area contributed by atoms with Gasteiger partial charge in [0.15, 0.2) is 9.84 Å². The fourth-order valence-corrected chi connectivity index (χ4v) is 10.2. The van der Waals surface area contributed by atoms with Crippen LogP contribution in [0.3, 0.4) is 0 Å². The van der Waals surface area contributed by atoms with Crippen LogP contribution in [0.25, 0.3) is 0 Å². The van der Waals surface area contributed by atoms with Gasteiger partial charge in [0.25, 0.3) is 5.91 Å². The molecule has 3 aliphatic heterocycles. The summed E-state index contributed by atoms with van der Waals surface area (Å²) in [4.78, 5) is 19.1. The molecule has 1 aliphatic carbocycles. The van der Waals surface area contributed by atoms with Crippen molar-refractivity contribution in [1.29, 1.82) is 0 Å². The molecule has 9 nitrogen and oxygen atoms in total. The van der Waals surface area contributed by atoms with Crippen LogP contribution in [-0.2, 0) is 14.6 Å². The Bertz CT molecular complexity index is 1340. The first-order valence-electron chi connectivity index (χ1n) is 18.8. The van der Waals surface area contributed by atoms with Gasteiger partial charge in [0.1, 0.15) is 5.83 Å². The number of unbranched alkanes of at least 4 members (excludes halogenated alkanes) is 1. The van der Waals surface area contributed by atoms with Gasteiger partial charge in [-0.05, 0) is 63.9 Å². The first kappa shape index (κ1) is 38.8. The lowest BCUT2D eigenvalue weighted by atomic mass is 9.64. The fraction of sp³-hybridized carbons (Fsp3) is 0.811. The van der Waals surface area contributed by atoms with Gasteiger partial charge in [-0.2, -0.15) is 0 Å². The van der Waals surface area contributed by atoms with E-state index in [1.165, 1.54) is 12.8 Å². The third-order valence-corrected chi connectivity index (χ3v) is 14.6. The number of amides is 1. The Kier molecular flexibility index (Phi) is 13.3. The molecule has 1 saturated carbocycles. The summed E-state index contributed by atoms with van der Waals surface area (Å²) in [6.45, 7) is 16.5. The standard InChI is InChI=1S/C37H65FN6O3S/c1-8-11-18-37(10-3,26(4)14-9-2)32-22-28(38)23-40-27(5)33(34(39)42-32)35(45)41-30-24-43(29-15-12-13-16-29)19-17-31(30)44-20-21-48(46,47)36(6,7)25-44/h22,26,29,32,34,40,42H,8-21,23-25,39H2,1-7H3,(H,41,45)/b28-22+,33-27-. The first-order valence-corrected chi connectivity index (χ1v) is 20.4. The topological polar surface area (TPSA) is 120 Å². The Morgan fingerprint density at radius 3 is 2.52 bits per heavy atom. The van der Waals surface area contributed by atoms with Crippen molar-refractivity contribution in [2.75, 3.05) is 38.5 Å². The number of hydrogen-bond acceptors (Lipinski definition) is 8. The zero-order chi connectivity index (χ0) is 35.3. The van der Waals surface area contributed by atoms with E-state index < -0.39 is 20.8 Å². The van der Waals surface area contributed by atoms with Gasteiger partial charge in [-0.1, -0.05) is 66.2 Å². The maximum absolute atomic E-state index is 15.6. The fourth-order valence-electron chi connectivity index (χ4n) is 8.83. The summed E-state index contributed by atoms with van der Waals surface area (Å²) >= 11 is 0. The van der Waals surface area contributed by atoms with E-state index in [0.717, 1.165) is 75.7 Å². The Hall–Kier alpha value is -1.95. The second kappa shape index (κ2) is 16.4. The highest BCUT2D eigenvalue weighted by Crippen LogP contribution is 2.44. The quantitative estimate of drug-likeness (QED) is 0.213. The summed E-state index contributed by atoms with van der Waals surface area (Å²) < 4.78 is 40.5. The molecule has 0 aromatic rings. The van der Waals surface area contributed by atoms with Crippen LogP contribution in [0.5, 0.6) is 0 Å². The number of carbonyl (C=O) groups is 1. The normalized spacial score (nSPS) is 30.4. The molecule has 1 saturated heterocycles. The van der Waals surface area contributed by atoms with E-state index >= 15 is 4.39 Å². The van der Waals surface area contributed by atoms with Gasteiger partial charge < -0.3 is 21.3 Å². The second-order valence-corrected chi connectivity index (χ2v) is 18.3. The summed E-state index contributed by atoms with van der Waals surface area (Å²) in [7, 11) is -3.22. The summed E-state index contributed by atoms with van der Waals surface area (Å²) in [6, 6.07) is 0.138. The van der Waals surface area contributed by atoms with Gasteiger partial charge in [0, 0.05) is 56.1 Å². The van der Waals surface area contributed by atoms with E-state index in [9.17, 15) is 13.2 Å². The van der Waals surface area contributed by atoms with Gasteiger partial charge in [0.05, 0.1) is 34.5 Å². The van der Waals surface area contributed by atoms with E-state index in [1.807, 2.05) is 0 Å². The van der Waals surface area contributed by atoms with Gasteiger partial charge >= 0.3 is 0 Å². The van der Waals surface area contributed by atoms with Crippen LogP contribution in [0.1, 0.15) is 119 Å². The Morgan fingerprint density at radius 1 is 1.19 bits per heavy atom. The summed E-state index contributed by atoms with van der Waals surface area (Å²) in [5.41, 5.74) is 9.49. The van der Waals surface area contributed by atoms with Crippen LogP contribution in [-0.4, -0.2) is 85.6 Å². The molecule has 2 fully saturated rings. The predicted molar refractivity (Wildman–Crippen MR) is 194 cm³/mol. The second-order valence-electron chi connectivity index (χ2n) is 15.5. The van der Waals surface area contributed by atoms with E-state index in [0.29, 0.717) is 42.9 Å². The summed E-state index contributed by atoms with van der Waals surface area (Å²) in [5, 5.41) is 10.0. The number of allylic oxidation sites excluding steroid dienone is 1. The van der Waals surface area contributed by atoms with Crippen molar-refractivity contribution < 1.29 is 17.6 Å². The lowest BCUT2D eigenvalue weighted by Crippen LogP contribution is -2.56. The number of sulfone groups is 1. The maximum atomic E-state index is 15.6. The Labute approximate surface area is 290 Å². The lowest BCUT2D eigenvalue weighted by Gasteiger charge is -2.46. The molecule has 0 radical (unpaired) electrons. The molecule has 48 heavy (non-hydrogen) atoms. The zero-order valence-electron chi connectivity index (χ0n) is 30.9. The highest BCUT2D eigenvalue weighted by atomic mass is 32.2. The molecule has 4 rings (SSSR count). The molecular weight excluding hydrogens is 628 g/mol. The number of hydrogen-bond donors (Lipinski definition) is 4. The Morgan fingerprint density at radius 2 is 1.90 bits per heavy atom. The highest BCUT2D eigenvalue weighted by molar-refractivity contribution is 7.92. The molecule has 4 aliphatic rings. The van der Waals surface area contributed by atoms with Gasteiger partial charge in [0.2, 0.25) is 0 Å². The smallest absolute Gasteiger partial charge is 0.256 e. The minimum atomic E-state index is -3.22. The molecule has 0 aromatic carbocycles. The molecule has 1 amide bonds. The molecule has 0 aromatic heterocycles. The summed E-state index contributed by atoms with van der Waals surface area (Å²) in [5.74, 6) is -0.139. The largest absolute Gasteiger partial charge is 0.382 e. The van der Waals surface area contributed by atoms with Crippen molar-refractivity contribution in [2.24, 2.45) is 17.1 Å². The van der Waals surface area contributed by atoms with Crippen molar-refractivity contribution in [2.45, 2.75) is 142 Å². The van der Waals surface area contributed by atoms with E-state index in [1.54, 1.807) is 26.8 Å². The molecule has 11 heteroatoms. The molecule has 0 bridgehead atoms. The number of nitrogens with one attached hydrogen (secondary N) is 3. The molecule has 274 valence electrons. The first-order chi connectivity index (χ1) is 22.7. The maximum Gasteiger partial charge on any atom is 0.256 e. The Balaban J connectivity index is 1.68. The number of carbonyl (C=O) groups excluding carboxylic acids is 1. The van der Waals surface area contributed by atoms with Gasteiger partial charge in [-0.15, -0.1) is 0 Å². The van der Waals surface area contributed by atoms with Crippen LogP contribution in [0.15, 0.2) is 34.6 Å². The van der Waals surface area contributed by atoms with Crippen molar-refractivity contribution in [3.8, 4) is 0 Å². The molecular formula is C37H65FN6O3S. The predicted octanol–water partition coefficient (Wildman–Crippen LogP) is 5.47. The van der Waals surface area contributed by atoms with Crippen molar-refractivity contribution >= 4 is 15.7 Å². The van der Waals surface area contributed by atoms with Gasteiger partial charge in [-0.25, -0.2) is 12.8 Å². The molecule has 0 spiro atoms. The number of rotatable bonds is 12. The third-order valence-electron chi connectivity index (χ3n) is 12.0. The third kappa shape index (κ3) is 8.49. The average Bonchev–Trinajstić information content (AvgIpc) is 3.58. The van der Waals surface area contributed by atoms with E-state index in [-0.39, 0.29) is 35.5 Å². The van der Waals surface area contributed by atoms with Crippen LogP contribution in [0.4, 0.5) is 4.39 Å². The molecule has 4 unspecified atom stereocenters. The van der Waals surface area contributed by atoms with E-state index in [2.05, 4.69) is 53.4 Å². The SMILES string of the molecule is CCCCC(CC)(C(C)CCC)C1/C=C(/F)CN/C(C)=C(\C(=O)NC2=C(N3CCS(=O)(=O)C(C)(C)C3)CCN(C3CCCC3)C2)C(N)N1. The van der Waals surface area contributed by atoms with Crippen molar-refractivity contribution in [3.05, 3.63) is 34.6 Å². The number of nitrogens with zero attached hydrogens (tertiary/aromatic N) is 2. The van der Waals surface area contributed by atoms with Crippen molar-refractivity contribution in [1.82, 2.24) is 25.8 Å². The number of nitrogens with two attached hydrogens (primary N) is 1.